The molecule has 3 heterocycles. The Labute approximate surface area is 162 Å². The zero-order valence-corrected chi connectivity index (χ0v) is 14.7. The van der Waals surface area contributed by atoms with Crippen molar-refractivity contribution in [3.8, 4) is 17.1 Å². The largest absolute Gasteiger partial charge is 0.340 e. The third-order valence-corrected chi connectivity index (χ3v) is 3.91. The molecular weight excluding hydrogens is 379 g/mol. The van der Waals surface area contributed by atoms with Gasteiger partial charge < -0.3 is 4.52 Å². The Kier molecular flexibility index (Phi) is 4.81. The maximum atomic E-state index is 13.4. The molecule has 1 aromatic carbocycles. The normalized spacial score (nSPS) is 10.5. The van der Waals surface area contributed by atoms with Gasteiger partial charge in [0, 0.05) is 30.2 Å². The lowest BCUT2D eigenvalue weighted by Gasteiger charge is -2.09. The minimum atomic E-state index is -0.557. The molecule has 0 unspecified atom stereocenters. The first kappa shape index (κ1) is 18.0. The van der Waals surface area contributed by atoms with E-state index < -0.39 is 17.3 Å². The molecule has 144 valence electrons. The number of carbonyl (C=O) groups is 1. The van der Waals surface area contributed by atoms with E-state index in [4.69, 9.17) is 4.52 Å². The van der Waals surface area contributed by atoms with Gasteiger partial charge in [0.05, 0.1) is 11.3 Å². The van der Waals surface area contributed by atoms with E-state index in [1.807, 2.05) is 0 Å². The molecule has 9 nitrogen and oxygen atoms in total. The van der Waals surface area contributed by atoms with Crippen LogP contribution in [0.5, 0.6) is 0 Å². The molecule has 0 spiro atoms. The van der Waals surface area contributed by atoms with E-state index in [0.29, 0.717) is 17.1 Å². The molecular formula is C19H13FN6O3. The standard InChI is InChI=1S/C19H13FN6O3/c20-14-2-1-3-15(10-14)26-11-13(4-5-16(26)27)18(28)23-24-19-22-17(25-29-19)12-6-8-21-9-7-12/h1-11H,(H,23,28)(H,22,24,25). The van der Waals surface area contributed by atoms with Crippen LogP contribution in [0, 0.1) is 5.82 Å². The number of nitrogens with one attached hydrogen (secondary N) is 2. The van der Waals surface area contributed by atoms with Crippen molar-refractivity contribution in [2.75, 3.05) is 5.43 Å². The second-order valence-corrected chi connectivity index (χ2v) is 5.84. The molecule has 0 aliphatic heterocycles. The first-order valence-electron chi connectivity index (χ1n) is 8.39. The second-order valence-electron chi connectivity index (χ2n) is 5.84. The highest BCUT2D eigenvalue weighted by Crippen LogP contribution is 2.15. The summed E-state index contributed by atoms with van der Waals surface area (Å²) in [4.78, 5) is 32.5. The Morgan fingerprint density at radius 3 is 2.72 bits per heavy atom. The number of aromatic nitrogens is 4. The average molecular weight is 392 g/mol. The van der Waals surface area contributed by atoms with Gasteiger partial charge in [-0.25, -0.2) is 9.82 Å². The first-order valence-corrected chi connectivity index (χ1v) is 8.39. The van der Waals surface area contributed by atoms with Gasteiger partial charge in [-0.2, -0.15) is 4.98 Å². The van der Waals surface area contributed by atoms with Gasteiger partial charge in [0.15, 0.2) is 0 Å². The summed E-state index contributed by atoms with van der Waals surface area (Å²) in [6.07, 6.45) is 4.49. The van der Waals surface area contributed by atoms with E-state index in [-0.39, 0.29) is 11.6 Å². The molecule has 0 radical (unpaired) electrons. The fraction of sp³-hybridized carbons (Fsp3) is 0. The molecule has 0 fully saturated rings. The predicted octanol–water partition coefficient (Wildman–Crippen LogP) is 2.18. The van der Waals surface area contributed by atoms with Crippen LogP contribution in [0.2, 0.25) is 0 Å². The van der Waals surface area contributed by atoms with E-state index in [9.17, 15) is 14.0 Å². The number of anilines is 1. The molecule has 0 aliphatic rings. The Morgan fingerprint density at radius 2 is 1.93 bits per heavy atom. The van der Waals surface area contributed by atoms with Gasteiger partial charge in [-0.05, 0) is 36.4 Å². The number of hydrazine groups is 1. The summed E-state index contributed by atoms with van der Waals surface area (Å²) in [5, 5.41) is 3.80. The summed E-state index contributed by atoms with van der Waals surface area (Å²) in [5.74, 6) is -0.727. The molecule has 0 aliphatic carbocycles. The molecule has 10 heteroatoms. The SMILES string of the molecule is O=C(NNc1nc(-c2ccncc2)no1)c1ccc(=O)n(-c2cccc(F)c2)c1. The molecule has 29 heavy (non-hydrogen) atoms. The van der Waals surface area contributed by atoms with Crippen molar-refractivity contribution >= 4 is 11.9 Å². The number of carbonyl (C=O) groups excluding carboxylic acids is 1. The third-order valence-electron chi connectivity index (χ3n) is 3.91. The smallest absolute Gasteiger partial charge is 0.313 e. The lowest BCUT2D eigenvalue weighted by Crippen LogP contribution is -2.31. The Balaban J connectivity index is 1.49. The lowest BCUT2D eigenvalue weighted by molar-refractivity contribution is 0.0960. The number of pyridine rings is 2. The van der Waals surface area contributed by atoms with Gasteiger partial charge in [0.25, 0.3) is 11.5 Å². The van der Waals surface area contributed by atoms with Gasteiger partial charge in [0.1, 0.15) is 5.82 Å². The van der Waals surface area contributed by atoms with E-state index in [1.165, 1.54) is 41.1 Å². The van der Waals surface area contributed by atoms with Crippen molar-refractivity contribution in [2.24, 2.45) is 0 Å². The summed E-state index contributed by atoms with van der Waals surface area (Å²) in [6, 6.07) is 11.5. The number of amides is 1. The van der Waals surface area contributed by atoms with Crippen LogP contribution in [-0.4, -0.2) is 25.6 Å². The molecule has 0 atom stereocenters. The lowest BCUT2D eigenvalue weighted by atomic mass is 10.2. The highest BCUT2D eigenvalue weighted by atomic mass is 19.1. The van der Waals surface area contributed by atoms with Crippen molar-refractivity contribution in [1.82, 2.24) is 25.1 Å². The zero-order valence-electron chi connectivity index (χ0n) is 14.7. The molecule has 4 aromatic rings. The third kappa shape index (κ3) is 4.00. The summed E-state index contributed by atoms with van der Waals surface area (Å²) >= 11 is 0. The molecule has 0 saturated heterocycles. The Bertz CT molecular complexity index is 1220. The summed E-state index contributed by atoms with van der Waals surface area (Å²) in [5.41, 5.74) is 5.68. The molecule has 2 N–H and O–H groups in total. The minimum absolute atomic E-state index is 0.0244. The summed E-state index contributed by atoms with van der Waals surface area (Å²) in [7, 11) is 0. The van der Waals surface area contributed by atoms with Gasteiger partial charge in [-0.15, -0.1) is 0 Å². The molecule has 1 amide bonds. The van der Waals surface area contributed by atoms with Gasteiger partial charge in [0.2, 0.25) is 5.82 Å². The highest BCUT2D eigenvalue weighted by molar-refractivity contribution is 5.94. The monoisotopic (exact) mass is 392 g/mol. The second kappa shape index (κ2) is 7.72. The Hall–Kier alpha value is -4.34. The fourth-order valence-corrected chi connectivity index (χ4v) is 2.52. The van der Waals surface area contributed by atoms with Crippen LogP contribution in [0.25, 0.3) is 17.1 Å². The Morgan fingerprint density at radius 1 is 1.10 bits per heavy atom. The fourth-order valence-electron chi connectivity index (χ4n) is 2.52. The van der Waals surface area contributed by atoms with Crippen LogP contribution < -0.4 is 16.4 Å². The topological polar surface area (TPSA) is 115 Å². The van der Waals surface area contributed by atoms with Crippen molar-refractivity contribution in [3.05, 3.63) is 88.9 Å². The minimum Gasteiger partial charge on any atom is -0.313 e. The number of halogens is 1. The van der Waals surface area contributed by atoms with Crippen molar-refractivity contribution in [3.63, 3.8) is 0 Å². The van der Waals surface area contributed by atoms with Gasteiger partial charge in [-0.1, -0.05) is 11.2 Å². The van der Waals surface area contributed by atoms with Crippen LogP contribution >= 0.6 is 0 Å². The number of rotatable bonds is 5. The van der Waals surface area contributed by atoms with E-state index in [0.717, 1.165) is 0 Å². The quantitative estimate of drug-likeness (QED) is 0.500. The van der Waals surface area contributed by atoms with Crippen molar-refractivity contribution < 1.29 is 13.7 Å². The van der Waals surface area contributed by atoms with Crippen LogP contribution in [0.4, 0.5) is 10.4 Å². The highest BCUT2D eigenvalue weighted by Gasteiger charge is 2.12. The maximum absolute atomic E-state index is 13.4. The molecule has 0 bridgehead atoms. The van der Waals surface area contributed by atoms with Crippen molar-refractivity contribution in [2.45, 2.75) is 0 Å². The first-order chi connectivity index (χ1) is 14.1. The maximum Gasteiger partial charge on any atom is 0.340 e. The van der Waals surface area contributed by atoms with E-state index >= 15 is 0 Å². The van der Waals surface area contributed by atoms with Crippen LogP contribution in [0.1, 0.15) is 10.4 Å². The van der Waals surface area contributed by atoms with Gasteiger partial charge in [-0.3, -0.25) is 24.6 Å². The summed E-state index contributed by atoms with van der Waals surface area (Å²) < 4.78 is 19.6. The van der Waals surface area contributed by atoms with Crippen LogP contribution in [0.3, 0.4) is 0 Å². The van der Waals surface area contributed by atoms with Crippen LogP contribution in [-0.2, 0) is 0 Å². The molecule has 0 saturated carbocycles. The van der Waals surface area contributed by atoms with E-state index in [1.54, 1.807) is 30.6 Å². The number of hydrogen-bond acceptors (Lipinski definition) is 7. The average Bonchev–Trinajstić information content (AvgIpc) is 3.22. The van der Waals surface area contributed by atoms with E-state index in [2.05, 4.69) is 26.0 Å². The number of nitrogens with zero attached hydrogens (tertiary/aromatic N) is 4. The predicted molar refractivity (Wildman–Crippen MR) is 101 cm³/mol. The van der Waals surface area contributed by atoms with Crippen molar-refractivity contribution in [1.29, 1.82) is 0 Å². The number of benzene rings is 1. The zero-order chi connectivity index (χ0) is 20.2. The van der Waals surface area contributed by atoms with Crippen LogP contribution in [0.15, 0.2) is 76.4 Å². The number of hydrogen-bond donors (Lipinski definition) is 2. The molecule has 3 aromatic heterocycles. The molecule has 4 rings (SSSR count). The van der Waals surface area contributed by atoms with Gasteiger partial charge >= 0.3 is 6.01 Å². The summed E-state index contributed by atoms with van der Waals surface area (Å²) in [6.45, 7) is 0.